The second-order valence-electron chi connectivity index (χ2n) is 6.60. The van der Waals surface area contributed by atoms with E-state index in [9.17, 15) is 9.59 Å². The molecule has 0 radical (unpaired) electrons. The van der Waals surface area contributed by atoms with E-state index in [0.29, 0.717) is 18.7 Å². The van der Waals surface area contributed by atoms with Crippen LogP contribution in [0.15, 0.2) is 28.7 Å². The van der Waals surface area contributed by atoms with Gasteiger partial charge in [-0.05, 0) is 49.9 Å². The molecule has 0 unspecified atom stereocenters. The molecule has 1 aromatic carbocycles. The Hall–Kier alpha value is -1.40. The van der Waals surface area contributed by atoms with Crippen LogP contribution in [0.2, 0.25) is 0 Å². The molecule has 3 rings (SSSR count). The van der Waals surface area contributed by atoms with Crippen LogP contribution in [0.25, 0.3) is 0 Å². The Morgan fingerprint density at radius 1 is 0.958 bits per heavy atom. The predicted octanol–water partition coefficient (Wildman–Crippen LogP) is 2.82. The van der Waals surface area contributed by atoms with Crippen LogP contribution in [0.4, 0.5) is 0 Å². The van der Waals surface area contributed by atoms with Crippen molar-refractivity contribution in [3.63, 3.8) is 0 Å². The van der Waals surface area contributed by atoms with E-state index in [-0.39, 0.29) is 17.7 Å². The Bertz CT molecular complexity index is 576. The second-order valence-corrected chi connectivity index (χ2v) is 7.51. The van der Waals surface area contributed by atoms with Gasteiger partial charge in [-0.3, -0.25) is 15.0 Å². The van der Waals surface area contributed by atoms with E-state index in [4.69, 9.17) is 0 Å². The number of hydrogen-bond acceptors (Lipinski definition) is 3. The van der Waals surface area contributed by atoms with E-state index in [1.807, 2.05) is 34.2 Å². The highest BCUT2D eigenvalue weighted by atomic mass is 79.9. The van der Waals surface area contributed by atoms with Gasteiger partial charge in [-0.2, -0.15) is 0 Å². The van der Waals surface area contributed by atoms with Crippen LogP contribution >= 0.6 is 15.9 Å². The van der Waals surface area contributed by atoms with E-state index in [1.165, 1.54) is 6.42 Å². The fraction of sp³-hybridized carbons (Fsp3) is 0.556. The molecule has 2 heterocycles. The molecule has 2 aliphatic heterocycles. The van der Waals surface area contributed by atoms with Crippen molar-refractivity contribution in [2.45, 2.75) is 32.1 Å². The van der Waals surface area contributed by atoms with Crippen molar-refractivity contribution in [2.24, 2.45) is 5.92 Å². The molecular formula is C18H24BrN3O2. The number of likely N-dealkylation sites (tertiary alicyclic amines) is 1. The number of hydrazine groups is 1. The average molecular weight is 394 g/mol. The third-order valence-corrected chi connectivity index (χ3v) is 5.40. The van der Waals surface area contributed by atoms with Crippen LogP contribution in [0.5, 0.6) is 0 Å². The standard InChI is InChI=1S/C18H24BrN3O2/c19-16-6-4-15(5-7-16)18(24)21-12-8-14(9-13-21)17(23)20-22-10-2-1-3-11-22/h4-7,14H,1-3,8-13H2,(H,20,23). The molecule has 2 saturated heterocycles. The summed E-state index contributed by atoms with van der Waals surface area (Å²) in [7, 11) is 0. The number of amides is 2. The molecule has 0 aliphatic carbocycles. The number of hydrogen-bond donors (Lipinski definition) is 1. The number of piperidine rings is 2. The highest BCUT2D eigenvalue weighted by Crippen LogP contribution is 2.20. The third kappa shape index (κ3) is 4.36. The van der Waals surface area contributed by atoms with Crippen molar-refractivity contribution in [1.82, 2.24) is 15.3 Å². The number of carbonyl (C=O) groups is 2. The number of rotatable bonds is 3. The quantitative estimate of drug-likeness (QED) is 0.858. The van der Waals surface area contributed by atoms with Crippen LogP contribution < -0.4 is 5.43 Å². The zero-order chi connectivity index (χ0) is 16.9. The molecule has 5 nitrogen and oxygen atoms in total. The van der Waals surface area contributed by atoms with Gasteiger partial charge in [0.2, 0.25) is 5.91 Å². The topological polar surface area (TPSA) is 52.7 Å². The maximum absolute atomic E-state index is 12.5. The molecule has 0 atom stereocenters. The van der Waals surface area contributed by atoms with Gasteiger partial charge >= 0.3 is 0 Å². The minimum atomic E-state index is 0.0147. The van der Waals surface area contributed by atoms with Crippen molar-refractivity contribution in [1.29, 1.82) is 0 Å². The molecule has 0 aromatic heterocycles. The lowest BCUT2D eigenvalue weighted by atomic mass is 9.95. The monoisotopic (exact) mass is 393 g/mol. The molecule has 6 heteroatoms. The van der Waals surface area contributed by atoms with Gasteiger partial charge in [-0.15, -0.1) is 0 Å². The van der Waals surface area contributed by atoms with Gasteiger partial charge in [0, 0.05) is 42.1 Å². The lowest BCUT2D eigenvalue weighted by molar-refractivity contribution is -0.131. The first-order valence-corrected chi connectivity index (χ1v) is 9.53. The number of nitrogens with one attached hydrogen (secondary N) is 1. The van der Waals surface area contributed by atoms with Crippen LogP contribution in [0.3, 0.4) is 0 Å². The van der Waals surface area contributed by atoms with Gasteiger partial charge in [-0.1, -0.05) is 22.4 Å². The Kier molecular flexibility index (Phi) is 5.89. The Morgan fingerprint density at radius 2 is 1.58 bits per heavy atom. The van der Waals surface area contributed by atoms with Gasteiger partial charge < -0.3 is 4.90 Å². The van der Waals surface area contributed by atoms with E-state index < -0.39 is 0 Å². The highest BCUT2D eigenvalue weighted by Gasteiger charge is 2.28. The Labute approximate surface area is 151 Å². The molecule has 0 saturated carbocycles. The van der Waals surface area contributed by atoms with Gasteiger partial charge in [-0.25, -0.2) is 5.01 Å². The van der Waals surface area contributed by atoms with E-state index in [2.05, 4.69) is 21.4 Å². The lowest BCUT2D eigenvalue weighted by Gasteiger charge is -2.33. The summed E-state index contributed by atoms with van der Waals surface area (Å²) in [6.07, 6.45) is 5.04. The summed E-state index contributed by atoms with van der Waals surface area (Å²) in [6.45, 7) is 3.19. The normalized spacial score (nSPS) is 20.0. The first kappa shape index (κ1) is 17.4. The van der Waals surface area contributed by atoms with E-state index in [0.717, 1.165) is 43.2 Å². The summed E-state index contributed by atoms with van der Waals surface area (Å²) in [6, 6.07) is 7.43. The summed E-state index contributed by atoms with van der Waals surface area (Å²) in [5, 5.41) is 2.05. The molecule has 2 aliphatic rings. The first-order valence-electron chi connectivity index (χ1n) is 8.74. The molecule has 24 heavy (non-hydrogen) atoms. The van der Waals surface area contributed by atoms with E-state index >= 15 is 0 Å². The number of halogens is 1. The molecule has 1 N–H and O–H groups in total. The molecule has 1 aromatic rings. The smallest absolute Gasteiger partial charge is 0.253 e. The largest absolute Gasteiger partial charge is 0.339 e. The molecule has 0 spiro atoms. The molecule has 0 bridgehead atoms. The van der Waals surface area contributed by atoms with Crippen LogP contribution in [0, 0.1) is 5.92 Å². The summed E-state index contributed by atoms with van der Waals surface area (Å²) >= 11 is 3.38. The van der Waals surface area contributed by atoms with Crippen LogP contribution in [0.1, 0.15) is 42.5 Å². The maximum atomic E-state index is 12.5. The number of carbonyl (C=O) groups excluding carboxylic acids is 2. The SMILES string of the molecule is O=C(NN1CCCCC1)C1CCN(C(=O)c2ccc(Br)cc2)CC1. The zero-order valence-corrected chi connectivity index (χ0v) is 15.4. The zero-order valence-electron chi connectivity index (χ0n) is 13.8. The lowest BCUT2D eigenvalue weighted by Crippen LogP contribution is -2.49. The summed E-state index contributed by atoms with van der Waals surface area (Å²) in [4.78, 5) is 26.8. The van der Waals surface area contributed by atoms with Gasteiger partial charge in [0.05, 0.1) is 0 Å². The number of nitrogens with zero attached hydrogens (tertiary/aromatic N) is 2. The molecule has 130 valence electrons. The van der Waals surface area contributed by atoms with E-state index in [1.54, 1.807) is 0 Å². The summed E-state index contributed by atoms with van der Waals surface area (Å²) in [5.41, 5.74) is 3.76. The fourth-order valence-electron chi connectivity index (χ4n) is 3.37. The minimum absolute atomic E-state index is 0.0147. The molecular weight excluding hydrogens is 370 g/mol. The Morgan fingerprint density at radius 3 is 2.21 bits per heavy atom. The van der Waals surface area contributed by atoms with Crippen LogP contribution in [-0.2, 0) is 4.79 Å². The molecule has 2 amide bonds. The first-order chi connectivity index (χ1) is 11.6. The van der Waals surface area contributed by atoms with Crippen molar-refractivity contribution in [3.8, 4) is 0 Å². The fourth-order valence-corrected chi connectivity index (χ4v) is 3.64. The van der Waals surface area contributed by atoms with Crippen molar-refractivity contribution in [2.75, 3.05) is 26.2 Å². The average Bonchev–Trinajstić information content (AvgIpc) is 2.63. The highest BCUT2D eigenvalue weighted by molar-refractivity contribution is 9.10. The van der Waals surface area contributed by atoms with Crippen molar-refractivity contribution >= 4 is 27.7 Å². The second kappa shape index (κ2) is 8.12. The Balaban J connectivity index is 1.48. The molecule has 2 fully saturated rings. The maximum Gasteiger partial charge on any atom is 0.253 e. The summed E-state index contributed by atoms with van der Waals surface area (Å²) < 4.78 is 0.965. The summed E-state index contributed by atoms with van der Waals surface area (Å²) in [5.74, 6) is 0.186. The van der Waals surface area contributed by atoms with Gasteiger partial charge in [0.1, 0.15) is 0 Å². The van der Waals surface area contributed by atoms with Gasteiger partial charge in [0.15, 0.2) is 0 Å². The van der Waals surface area contributed by atoms with Gasteiger partial charge in [0.25, 0.3) is 5.91 Å². The number of benzene rings is 1. The predicted molar refractivity (Wildman–Crippen MR) is 96.3 cm³/mol. The van der Waals surface area contributed by atoms with Crippen molar-refractivity contribution < 1.29 is 9.59 Å². The van der Waals surface area contributed by atoms with Crippen molar-refractivity contribution in [3.05, 3.63) is 34.3 Å². The minimum Gasteiger partial charge on any atom is -0.339 e. The third-order valence-electron chi connectivity index (χ3n) is 4.87. The van der Waals surface area contributed by atoms with Crippen LogP contribution in [-0.4, -0.2) is 47.9 Å².